The standard InChI is InChI=1S/C22H22N4O5S/c1-13-18(14(2)31-26-13)12-32-22-17(8-5-9-23-22)21(29)25-16-7-4-6-15(10-16)20(28)24-11-19(27)30-3/h4-10H,11-12H2,1-3H3,(H,24,28)(H,25,29). The zero-order valence-electron chi connectivity index (χ0n) is 17.8. The summed E-state index contributed by atoms with van der Waals surface area (Å²) in [5, 5.41) is 9.76. The van der Waals surface area contributed by atoms with Crippen LogP contribution in [0.5, 0.6) is 0 Å². The van der Waals surface area contributed by atoms with E-state index in [2.05, 4.69) is 25.5 Å². The first kappa shape index (κ1) is 23.0. The Kier molecular flexibility index (Phi) is 7.61. The molecule has 0 aliphatic carbocycles. The molecule has 2 amide bonds. The van der Waals surface area contributed by atoms with Gasteiger partial charge in [0.25, 0.3) is 11.8 Å². The van der Waals surface area contributed by atoms with E-state index in [4.69, 9.17) is 4.52 Å². The molecule has 0 radical (unpaired) electrons. The lowest BCUT2D eigenvalue weighted by molar-refractivity contribution is -0.139. The summed E-state index contributed by atoms with van der Waals surface area (Å²) in [5.74, 6) is -0.0656. The number of pyridine rings is 1. The van der Waals surface area contributed by atoms with E-state index in [1.807, 2.05) is 13.8 Å². The maximum Gasteiger partial charge on any atom is 0.325 e. The van der Waals surface area contributed by atoms with Gasteiger partial charge in [-0.3, -0.25) is 14.4 Å². The van der Waals surface area contributed by atoms with Crippen molar-refractivity contribution in [2.24, 2.45) is 0 Å². The number of carbonyl (C=O) groups excluding carboxylic acids is 3. The molecule has 1 aromatic carbocycles. The second kappa shape index (κ2) is 10.6. The predicted octanol–water partition coefficient (Wildman–Crippen LogP) is 3.13. The number of aromatic nitrogens is 2. The molecule has 0 saturated carbocycles. The maximum absolute atomic E-state index is 12.9. The van der Waals surface area contributed by atoms with Gasteiger partial charge in [-0.1, -0.05) is 11.2 Å². The summed E-state index contributed by atoms with van der Waals surface area (Å²) < 4.78 is 9.69. The lowest BCUT2D eigenvalue weighted by atomic mass is 10.1. The van der Waals surface area contributed by atoms with Gasteiger partial charge in [0.15, 0.2) is 0 Å². The first-order valence-corrected chi connectivity index (χ1v) is 10.6. The molecular weight excluding hydrogens is 432 g/mol. The number of rotatable bonds is 8. The molecule has 166 valence electrons. The number of methoxy groups -OCH3 is 1. The number of esters is 1. The monoisotopic (exact) mass is 454 g/mol. The summed E-state index contributed by atoms with van der Waals surface area (Å²) in [4.78, 5) is 40.7. The molecule has 2 N–H and O–H groups in total. The summed E-state index contributed by atoms with van der Waals surface area (Å²) in [5.41, 5.74) is 2.92. The van der Waals surface area contributed by atoms with Gasteiger partial charge in [0.1, 0.15) is 17.3 Å². The first-order chi connectivity index (χ1) is 15.4. The van der Waals surface area contributed by atoms with Crippen molar-refractivity contribution in [1.29, 1.82) is 0 Å². The van der Waals surface area contributed by atoms with E-state index in [1.54, 1.807) is 36.5 Å². The molecule has 0 fully saturated rings. The van der Waals surface area contributed by atoms with E-state index < -0.39 is 11.9 Å². The lowest BCUT2D eigenvalue weighted by Gasteiger charge is -2.10. The van der Waals surface area contributed by atoms with Crippen molar-refractivity contribution >= 4 is 35.2 Å². The number of amides is 2. The van der Waals surface area contributed by atoms with Crippen molar-refractivity contribution in [3.63, 3.8) is 0 Å². The largest absolute Gasteiger partial charge is 0.468 e. The van der Waals surface area contributed by atoms with Crippen LogP contribution in [0.4, 0.5) is 5.69 Å². The third-order valence-corrected chi connectivity index (χ3v) is 5.59. The number of nitrogens with one attached hydrogen (secondary N) is 2. The van der Waals surface area contributed by atoms with Crippen LogP contribution in [0, 0.1) is 13.8 Å². The molecule has 2 aromatic heterocycles. The number of anilines is 1. The topological polar surface area (TPSA) is 123 Å². The molecule has 3 aromatic rings. The van der Waals surface area contributed by atoms with Crippen molar-refractivity contribution in [3.8, 4) is 0 Å². The number of ether oxygens (including phenoxy) is 1. The van der Waals surface area contributed by atoms with E-state index in [9.17, 15) is 14.4 Å². The fourth-order valence-corrected chi connectivity index (χ4v) is 3.94. The molecule has 3 rings (SSSR count). The van der Waals surface area contributed by atoms with Gasteiger partial charge in [-0.15, -0.1) is 11.8 Å². The summed E-state index contributed by atoms with van der Waals surface area (Å²) >= 11 is 1.41. The van der Waals surface area contributed by atoms with Crippen LogP contribution in [0.3, 0.4) is 0 Å². The third kappa shape index (κ3) is 5.73. The zero-order chi connectivity index (χ0) is 23.1. The van der Waals surface area contributed by atoms with Crippen LogP contribution >= 0.6 is 11.8 Å². The Bertz CT molecular complexity index is 1130. The summed E-state index contributed by atoms with van der Waals surface area (Å²) in [7, 11) is 1.24. The Morgan fingerprint density at radius 2 is 1.94 bits per heavy atom. The molecule has 10 heteroatoms. The molecule has 0 atom stereocenters. The molecule has 0 saturated heterocycles. The number of carbonyl (C=O) groups is 3. The second-order valence-electron chi connectivity index (χ2n) is 6.74. The van der Waals surface area contributed by atoms with Crippen LogP contribution in [0.1, 0.15) is 37.7 Å². The number of hydrogen-bond donors (Lipinski definition) is 2. The fourth-order valence-electron chi connectivity index (χ4n) is 2.79. The second-order valence-corrected chi connectivity index (χ2v) is 7.71. The minimum atomic E-state index is -0.555. The Morgan fingerprint density at radius 1 is 1.12 bits per heavy atom. The van der Waals surface area contributed by atoms with Gasteiger partial charge in [0.05, 0.1) is 18.4 Å². The molecule has 0 unspecified atom stereocenters. The Hall–Kier alpha value is -3.66. The highest BCUT2D eigenvalue weighted by Gasteiger charge is 2.16. The van der Waals surface area contributed by atoms with E-state index >= 15 is 0 Å². The van der Waals surface area contributed by atoms with Crippen LogP contribution in [0.25, 0.3) is 0 Å². The highest BCUT2D eigenvalue weighted by molar-refractivity contribution is 7.98. The van der Waals surface area contributed by atoms with Gasteiger partial charge >= 0.3 is 5.97 Å². The normalized spacial score (nSPS) is 10.5. The Labute approximate surface area is 188 Å². The van der Waals surface area contributed by atoms with E-state index in [1.165, 1.54) is 24.9 Å². The number of nitrogens with zero attached hydrogens (tertiary/aromatic N) is 2. The fraction of sp³-hybridized carbons (Fsp3) is 0.227. The minimum Gasteiger partial charge on any atom is -0.468 e. The quantitative estimate of drug-likeness (QED) is 0.393. The van der Waals surface area contributed by atoms with Gasteiger partial charge in [-0.25, -0.2) is 4.98 Å². The van der Waals surface area contributed by atoms with Gasteiger partial charge < -0.3 is 19.9 Å². The summed E-state index contributed by atoms with van der Waals surface area (Å²) in [6, 6.07) is 9.78. The number of thioether (sulfide) groups is 1. The molecule has 9 nitrogen and oxygen atoms in total. The average Bonchev–Trinajstić information content (AvgIpc) is 3.13. The van der Waals surface area contributed by atoms with E-state index in [-0.39, 0.29) is 12.5 Å². The smallest absolute Gasteiger partial charge is 0.325 e. The molecule has 0 aliphatic rings. The Balaban J connectivity index is 1.70. The summed E-state index contributed by atoms with van der Waals surface area (Å²) in [6.45, 7) is 3.47. The number of hydrogen-bond acceptors (Lipinski definition) is 8. The SMILES string of the molecule is COC(=O)CNC(=O)c1cccc(NC(=O)c2cccnc2SCc2c(C)noc2C)c1. The number of aryl methyl sites for hydroxylation is 2. The van der Waals surface area contributed by atoms with Crippen molar-refractivity contribution in [2.75, 3.05) is 19.0 Å². The number of benzene rings is 1. The average molecular weight is 455 g/mol. The molecule has 0 spiro atoms. The minimum absolute atomic E-state index is 0.243. The van der Waals surface area contributed by atoms with Gasteiger partial charge in [-0.05, 0) is 44.2 Å². The molecule has 2 heterocycles. The molecule has 0 aliphatic heterocycles. The molecule has 0 bridgehead atoms. The van der Waals surface area contributed by atoms with Gasteiger partial charge in [-0.2, -0.15) is 0 Å². The predicted molar refractivity (Wildman–Crippen MR) is 119 cm³/mol. The van der Waals surface area contributed by atoms with Crippen LogP contribution < -0.4 is 10.6 Å². The van der Waals surface area contributed by atoms with Crippen LogP contribution in [-0.4, -0.2) is 41.6 Å². The first-order valence-electron chi connectivity index (χ1n) is 9.65. The summed E-state index contributed by atoms with van der Waals surface area (Å²) in [6.07, 6.45) is 1.62. The Morgan fingerprint density at radius 3 is 2.66 bits per heavy atom. The highest BCUT2D eigenvalue weighted by Crippen LogP contribution is 2.27. The van der Waals surface area contributed by atoms with Gasteiger partial charge in [0, 0.05) is 28.8 Å². The van der Waals surface area contributed by atoms with Crippen molar-refractivity contribution in [2.45, 2.75) is 24.6 Å². The van der Waals surface area contributed by atoms with Crippen molar-refractivity contribution < 1.29 is 23.6 Å². The van der Waals surface area contributed by atoms with E-state index in [0.717, 1.165) is 17.0 Å². The van der Waals surface area contributed by atoms with Crippen LogP contribution in [0.15, 0.2) is 52.1 Å². The maximum atomic E-state index is 12.9. The zero-order valence-corrected chi connectivity index (χ0v) is 18.6. The molecular formula is C22H22N4O5S. The van der Waals surface area contributed by atoms with Crippen LogP contribution in [0.2, 0.25) is 0 Å². The van der Waals surface area contributed by atoms with Crippen LogP contribution in [-0.2, 0) is 15.3 Å². The van der Waals surface area contributed by atoms with E-state index in [0.29, 0.717) is 27.6 Å². The van der Waals surface area contributed by atoms with Crippen molar-refractivity contribution in [1.82, 2.24) is 15.5 Å². The van der Waals surface area contributed by atoms with Crippen molar-refractivity contribution in [3.05, 3.63) is 70.7 Å². The third-order valence-electron chi connectivity index (χ3n) is 4.55. The lowest BCUT2D eigenvalue weighted by Crippen LogP contribution is -2.30. The van der Waals surface area contributed by atoms with Gasteiger partial charge in [0.2, 0.25) is 0 Å². The highest BCUT2D eigenvalue weighted by atomic mass is 32.2. The molecule has 32 heavy (non-hydrogen) atoms.